The fourth-order valence-electron chi connectivity index (χ4n) is 3.07. The largest absolute Gasteiger partial charge is 0.486 e. The molecule has 24 heavy (non-hydrogen) atoms. The van der Waals surface area contributed by atoms with Crippen LogP contribution in [0.5, 0.6) is 11.5 Å². The molecule has 1 fully saturated rings. The van der Waals surface area contributed by atoms with Gasteiger partial charge in [-0.1, -0.05) is 18.2 Å². The third-order valence-electron chi connectivity index (χ3n) is 4.65. The van der Waals surface area contributed by atoms with Crippen LogP contribution in [0.2, 0.25) is 0 Å². The molecule has 0 saturated heterocycles. The van der Waals surface area contributed by atoms with E-state index in [0.29, 0.717) is 25.5 Å². The van der Waals surface area contributed by atoms with E-state index < -0.39 is 5.41 Å². The summed E-state index contributed by atoms with van der Waals surface area (Å²) in [5.41, 5.74) is 1.36. The van der Waals surface area contributed by atoms with Crippen LogP contribution in [0.15, 0.2) is 42.5 Å². The second-order valence-electron chi connectivity index (χ2n) is 6.25. The highest BCUT2D eigenvalue weighted by Gasteiger charge is 2.51. The molecule has 2 aliphatic rings. The van der Waals surface area contributed by atoms with Gasteiger partial charge in [0, 0.05) is 6.54 Å². The summed E-state index contributed by atoms with van der Waals surface area (Å²) in [7, 11) is 0. The maximum atomic E-state index is 12.9. The number of halogens is 1. The zero-order chi connectivity index (χ0) is 16.6. The second-order valence-corrected chi connectivity index (χ2v) is 6.25. The maximum absolute atomic E-state index is 12.9. The highest BCUT2D eigenvalue weighted by Crippen LogP contribution is 2.50. The fraction of sp³-hybridized carbons (Fsp3) is 0.316. The van der Waals surface area contributed by atoms with Crippen LogP contribution in [0.1, 0.15) is 24.0 Å². The highest BCUT2D eigenvalue weighted by atomic mass is 19.1. The Morgan fingerprint density at radius 3 is 2.46 bits per heavy atom. The van der Waals surface area contributed by atoms with Crippen LogP contribution in [-0.2, 0) is 16.8 Å². The number of fused-ring (bicyclic) bond motifs is 1. The van der Waals surface area contributed by atoms with Gasteiger partial charge in [0.05, 0.1) is 5.41 Å². The van der Waals surface area contributed by atoms with E-state index >= 15 is 0 Å². The van der Waals surface area contributed by atoms with Gasteiger partial charge in [-0.25, -0.2) is 4.39 Å². The topological polar surface area (TPSA) is 47.6 Å². The number of amides is 1. The van der Waals surface area contributed by atoms with Crippen molar-refractivity contribution in [3.63, 3.8) is 0 Å². The zero-order valence-corrected chi connectivity index (χ0v) is 13.2. The van der Waals surface area contributed by atoms with E-state index in [4.69, 9.17) is 9.47 Å². The van der Waals surface area contributed by atoms with E-state index in [1.54, 1.807) is 12.1 Å². The summed E-state index contributed by atoms with van der Waals surface area (Å²) in [6, 6.07) is 11.9. The molecule has 1 heterocycles. The van der Waals surface area contributed by atoms with Crippen molar-refractivity contribution < 1.29 is 18.7 Å². The van der Waals surface area contributed by atoms with Gasteiger partial charge >= 0.3 is 0 Å². The minimum atomic E-state index is -0.476. The van der Waals surface area contributed by atoms with E-state index in [-0.39, 0.29) is 11.7 Å². The average molecular weight is 327 g/mol. The molecule has 0 aromatic heterocycles. The highest BCUT2D eigenvalue weighted by molar-refractivity contribution is 5.91. The van der Waals surface area contributed by atoms with Crippen LogP contribution >= 0.6 is 0 Å². The molecule has 0 bridgehead atoms. The molecule has 5 heteroatoms. The smallest absolute Gasteiger partial charge is 0.230 e. The van der Waals surface area contributed by atoms with E-state index in [0.717, 1.165) is 29.7 Å². The first-order valence-corrected chi connectivity index (χ1v) is 8.10. The first kappa shape index (κ1) is 15.0. The minimum absolute atomic E-state index is 0.00324. The molecule has 1 aliphatic heterocycles. The van der Waals surface area contributed by atoms with Crippen molar-refractivity contribution in [3.8, 4) is 11.5 Å². The summed E-state index contributed by atoms with van der Waals surface area (Å²) in [6.07, 6.45) is 1.64. The van der Waals surface area contributed by atoms with Crippen LogP contribution in [-0.4, -0.2) is 19.1 Å². The van der Waals surface area contributed by atoms with Gasteiger partial charge in [0.25, 0.3) is 0 Å². The molecular formula is C19H18FNO3. The summed E-state index contributed by atoms with van der Waals surface area (Å²) >= 11 is 0. The molecule has 124 valence electrons. The summed E-state index contributed by atoms with van der Waals surface area (Å²) in [5, 5.41) is 2.97. The van der Waals surface area contributed by atoms with Gasteiger partial charge in [0.1, 0.15) is 19.0 Å². The molecule has 1 amide bonds. The Morgan fingerprint density at radius 2 is 1.75 bits per heavy atom. The number of benzene rings is 2. The van der Waals surface area contributed by atoms with Crippen LogP contribution in [0.4, 0.5) is 4.39 Å². The van der Waals surface area contributed by atoms with Crippen molar-refractivity contribution in [1.29, 1.82) is 0 Å². The fourth-order valence-corrected chi connectivity index (χ4v) is 3.07. The number of hydrogen-bond donors (Lipinski definition) is 1. The third-order valence-corrected chi connectivity index (χ3v) is 4.65. The molecule has 2 aromatic rings. The lowest BCUT2D eigenvalue weighted by molar-refractivity contribution is -0.123. The van der Waals surface area contributed by atoms with Crippen molar-refractivity contribution in [2.24, 2.45) is 0 Å². The predicted octanol–water partition coefficient (Wildman–Crippen LogP) is 2.94. The standard InChI is InChI=1S/C19H18FNO3/c20-15-4-1-13(2-5-15)12-21-18(22)19(7-8-19)14-3-6-16-17(11-14)24-10-9-23-16/h1-6,11H,7-10,12H2,(H,21,22). The molecule has 2 aromatic carbocycles. The van der Waals surface area contributed by atoms with Crippen LogP contribution in [0, 0.1) is 5.82 Å². The van der Waals surface area contributed by atoms with Gasteiger partial charge in [0.2, 0.25) is 5.91 Å². The number of carbonyl (C=O) groups is 1. The van der Waals surface area contributed by atoms with Gasteiger partial charge in [-0.3, -0.25) is 4.79 Å². The summed E-state index contributed by atoms with van der Waals surface area (Å²) in [6.45, 7) is 1.47. The van der Waals surface area contributed by atoms with Gasteiger partial charge in [-0.2, -0.15) is 0 Å². The Balaban J connectivity index is 1.48. The van der Waals surface area contributed by atoms with Gasteiger partial charge in [-0.15, -0.1) is 0 Å². The summed E-state index contributed by atoms with van der Waals surface area (Å²) in [4.78, 5) is 12.7. The molecule has 1 N–H and O–H groups in total. The third kappa shape index (κ3) is 2.70. The van der Waals surface area contributed by atoms with Crippen molar-refractivity contribution in [2.75, 3.05) is 13.2 Å². The van der Waals surface area contributed by atoms with Crippen molar-refractivity contribution in [2.45, 2.75) is 24.8 Å². The average Bonchev–Trinajstić information content (AvgIpc) is 3.42. The SMILES string of the molecule is O=C(NCc1ccc(F)cc1)C1(c2ccc3c(c2)OCCO3)CC1. The Morgan fingerprint density at radius 1 is 1.04 bits per heavy atom. The first-order valence-electron chi connectivity index (χ1n) is 8.10. The van der Waals surface area contributed by atoms with Crippen molar-refractivity contribution >= 4 is 5.91 Å². The molecule has 4 nitrogen and oxygen atoms in total. The summed E-state index contributed by atoms with van der Waals surface area (Å²) in [5.74, 6) is 1.16. The lowest BCUT2D eigenvalue weighted by Gasteiger charge is -2.21. The first-order chi connectivity index (χ1) is 11.7. The lowest BCUT2D eigenvalue weighted by atomic mass is 9.94. The zero-order valence-electron chi connectivity index (χ0n) is 13.2. The van der Waals surface area contributed by atoms with Crippen molar-refractivity contribution in [3.05, 3.63) is 59.4 Å². The van der Waals surface area contributed by atoms with E-state index in [2.05, 4.69) is 5.32 Å². The van der Waals surface area contributed by atoms with E-state index in [1.165, 1.54) is 12.1 Å². The Hall–Kier alpha value is -2.56. The molecule has 4 rings (SSSR count). The maximum Gasteiger partial charge on any atom is 0.230 e. The number of carbonyl (C=O) groups excluding carboxylic acids is 1. The minimum Gasteiger partial charge on any atom is -0.486 e. The number of ether oxygens (including phenoxy) is 2. The summed E-state index contributed by atoms with van der Waals surface area (Å²) < 4.78 is 24.1. The van der Waals surface area contributed by atoms with Gasteiger partial charge in [-0.05, 0) is 48.2 Å². The number of rotatable bonds is 4. The van der Waals surface area contributed by atoms with E-state index in [1.807, 2.05) is 18.2 Å². The van der Waals surface area contributed by atoms with Crippen LogP contribution in [0.3, 0.4) is 0 Å². The monoisotopic (exact) mass is 327 g/mol. The van der Waals surface area contributed by atoms with E-state index in [9.17, 15) is 9.18 Å². The number of hydrogen-bond acceptors (Lipinski definition) is 3. The Labute approximate surface area is 139 Å². The Bertz CT molecular complexity index is 769. The quantitative estimate of drug-likeness (QED) is 0.939. The number of nitrogens with one attached hydrogen (secondary N) is 1. The molecular weight excluding hydrogens is 309 g/mol. The molecule has 0 radical (unpaired) electrons. The normalized spacial score (nSPS) is 17.2. The Kier molecular flexibility index (Phi) is 3.63. The molecule has 0 atom stereocenters. The van der Waals surface area contributed by atoms with Crippen LogP contribution in [0.25, 0.3) is 0 Å². The molecule has 1 saturated carbocycles. The second kappa shape index (κ2) is 5.82. The lowest BCUT2D eigenvalue weighted by Crippen LogP contribution is -2.34. The molecule has 0 spiro atoms. The molecule has 1 aliphatic carbocycles. The van der Waals surface area contributed by atoms with Crippen molar-refractivity contribution in [1.82, 2.24) is 5.32 Å². The molecule has 0 unspecified atom stereocenters. The van der Waals surface area contributed by atoms with Gasteiger partial charge < -0.3 is 14.8 Å². The van der Waals surface area contributed by atoms with Gasteiger partial charge in [0.15, 0.2) is 11.5 Å². The van der Waals surface area contributed by atoms with Crippen LogP contribution < -0.4 is 14.8 Å². The predicted molar refractivity (Wildman–Crippen MR) is 86.6 cm³/mol.